The van der Waals surface area contributed by atoms with Crippen LogP contribution in [0, 0.1) is 0 Å². The van der Waals surface area contributed by atoms with E-state index < -0.39 is 30.9 Å². The minimum atomic E-state index is -3.18. The Bertz CT molecular complexity index is 1220. The maximum atomic E-state index is 14.4. The highest BCUT2D eigenvalue weighted by Crippen LogP contribution is 2.39. The van der Waals surface area contributed by atoms with Gasteiger partial charge in [-0.15, -0.1) is 0 Å². The fraction of sp³-hybridized carbons (Fsp3) is 0.345. The Balaban J connectivity index is 1.70. The summed E-state index contributed by atoms with van der Waals surface area (Å²) in [4.78, 5) is 16.6. The molecule has 4 nitrogen and oxygen atoms in total. The van der Waals surface area contributed by atoms with Crippen molar-refractivity contribution >= 4 is 17.5 Å². The number of hydrogen-bond donors (Lipinski definition) is 1. The predicted octanol–water partition coefficient (Wildman–Crippen LogP) is 5.09. The number of likely N-dealkylation sites (N-methyl/N-ethyl adjacent to an activating group) is 1. The third-order valence-electron chi connectivity index (χ3n) is 6.97. The average Bonchev–Trinajstić information content (AvgIpc) is 2.90. The van der Waals surface area contributed by atoms with E-state index in [2.05, 4.69) is 4.90 Å². The van der Waals surface area contributed by atoms with E-state index in [0.29, 0.717) is 48.6 Å². The lowest BCUT2D eigenvalue weighted by molar-refractivity contribution is -0.133. The minimum Gasteiger partial charge on any atom is -0.385 e. The number of carbonyl (C=O) groups is 1. The molecule has 1 N–H and O–H groups in total. The van der Waals surface area contributed by atoms with Crippen LogP contribution in [0.1, 0.15) is 44.2 Å². The minimum absolute atomic E-state index is 0.0789. The fourth-order valence-electron chi connectivity index (χ4n) is 4.97. The number of rotatable bonds is 7. The van der Waals surface area contributed by atoms with E-state index in [4.69, 9.17) is 19.8 Å². The van der Waals surface area contributed by atoms with Crippen LogP contribution in [0.3, 0.4) is 0 Å². The van der Waals surface area contributed by atoms with Crippen molar-refractivity contribution in [1.82, 2.24) is 9.80 Å². The SMILES string of the molecule is [2H]C([2H])([2H])N(C(=O)C(CCN1CCC(O)(c2ccc(Cl)cc2)CC1)(c1ccccc1)c1ccccc1)C([2H])([2H])[2H]. The number of halogens is 1. The van der Waals surface area contributed by atoms with Crippen molar-refractivity contribution in [3.8, 4) is 0 Å². The van der Waals surface area contributed by atoms with Gasteiger partial charge in [-0.2, -0.15) is 0 Å². The lowest BCUT2D eigenvalue weighted by Crippen LogP contribution is -2.48. The number of piperidine rings is 1. The molecule has 0 bridgehead atoms. The van der Waals surface area contributed by atoms with Crippen molar-refractivity contribution in [2.24, 2.45) is 0 Å². The Kier molecular flexibility index (Phi) is 5.37. The highest BCUT2D eigenvalue weighted by molar-refractivity contribution is 6.30. The molecule has 0 spiro atoms. The van der Waals surface area contributed by atoms with Crippen LogP contribution in [0.15, 0.2) is 84.9 Å². The zero-order valence-corrected chi connectivity index (χ0v) is 19.7. The summed E-state index contributed by atoms with van der Waals surface area (Å²) < 4.78 is 47.9. The topological polar surface area (TPSA) is 43.8 Å². The average molecular weight is 483 g/mol. The quantitative estimate of drug-likeness (QED) is 0.510. The molecular weight excluding hydrogens is 444 g/mol. The van der Waals surface area contributed by atoms with Crippen molar-refractivity contribution in [3.05, 3.63) is 107 Å². The van der Waals surface area contributed by atoms with Gasteiger partial charge < -0.3 is 14.9 Å². The molecule has 0 radical (unpaired) electrons. The summed E-state index contributed by atoms with van der Waals surface area (Å²) in [6.45, 7) is -4.92. The maximum absolute atomic E-state index is 14.4. The number of likely N-dealkylation sites (tertiary alicyclic amines) is 1. The Hall–Kier alpha value is -2.66. The van der Waals surface area contributed by atoms with Gasteiger partial charge in [0.25, 0.3) is 0 Å². The number of nitrogens with zero attached hydrogens (tertiary/aromatic N) is 2. The van der Waals surface area contributed by atoms with Gasteiger partial charge in [0.05, 0.1) is 5.60 Å². The molecule has 5 heteroatoms. The summed E-state index contributed by atoms with van der Waals surface area (Å²) in [7, 11) is 0. The van der Waals surface area contributed by atoms with Crippen LogP contribution in [0.5, 0.6) is 0 Å². The number of aliphatic hydroxyl groups is 1. The van der Waals surface area contributed by atoms with Crippen LogP contribution in [0.2, 0.25) is 5.02 Å². The standard InChI is InChI=1S/C29H33ClN2O2/c1-31(2)27(33)29(24-9-5-3-6-10-24,25-11-7-4-8-12-25)19-22-32-20-17-28(34,18-21-32)23-13-15-26(30)16-14-23/h3-16,34H,17-22H2,1-2H3/i1D3,2D3. The van der Waals surface area contributed by atoms with Crippen LogP contribution >= 0.6 is 11.6 Å². The fourth-order valence-corrected chi connectivity index (χ4v) is 5.09. The van der Waals surface area contributed by atoms with E-state index in [1.807, 2.05) is 12.1 Å². The summed E-state index contributed by atoms with van der Waals surface area (Å²) >= 11 is 6.02. The highest BCUT2D eigenvalue weighted by atomic mass is 35.5. The summed E-state index contributed by atoms with van der Waals surface area (Å²) in [6, 6.07) is 24.7. The molecular formula is C29H33ClN2O2. The van der Waals surface area contributed by atoms with Crippen LogP contribution in [0.4, 0.5) is 0 Å². The Morgan fingerprint density at radius 3 is 2.00 bits per heavy atom. The van der Waals surface area contributed by atoms with Crippen LogP contribution < -0.4 is 0 Å². The molecule has 34 heavy (non-hydrogen) atoms. The van der Waals surface area contributed by atoms with E-state index in [1.54, 1.807) is 72.8 Å². The van der Waals surface area contributed by atoms with Gasteiger partial charge in [0.1, 0.15) is 5.41 Å². The largest absolute Gasteiger partial charge is 0.385 e. The van der Waals surface area contributed by atoms with Gasteiger partial charge in [0.15, 0.2) is 0 Å². The molecule has 0 atom stereocenters. The molecule has 0 aromatic heterocycles. The molecule has 178 valence electrons. The molecule has 1 aliphatic rings. The van der Waals surface area contributed by atoms with Gasteiger partial charge in [-0.25, -0.2) is 0 Å². The Morgan fingerprint density at radius 2 is 1.50 bits per heavy atom. The van der Waals surface area contributed by atoms with Gasteiger partial charge in [-0.05, 0) is 54.6 Å². The van der Waals surface area contributed by atoms with Crippen LogP contribution in [-0.4, -0.2) is 54.4 Å². The number of carbonyl (C=O) groups excluding carboxylic acids is 1. The summed E-state index contributed by atoms with van der Waals surface area (Å²) in [5.41, 5.74) is -0.763. The smallest absolute Gasteiger partial charge is 0.237 e. The van der Waals surface area contributed by atoms with Crippen molar-refractivity contribution in [1.29, 1.82) is 0 Å². The molecule has 1 aliphatic heterocycles. The zero-order chi connectivity index (χ0) is 29.2. The van der Waals surface area contributed by atoms with Crippen molar-refractivity contribution in [2.75, 3.05) is 33.6 Å². The molecule has 4 rings (SSSR count). The van der Waals surface area contributed by atoms with Crippen molar-refractivity contribution in [3.63, 3.8) is 0 Å². The lowest BCUT2D eigenvalue weighted by atomic mass is 9.70. The van der Waals surface area contributed by atoms with Crippen LogP contribution in [0.25, 0.3) is 0 Å². The first-order valence-corrected chi connectivity index (χ1v) is 11.8. The van der Waals surface area contributed by atoms with Gasteiger partial charge in [-0.3, -0.25) is 4.79 Å². The first-order valence-electron chi connectivity index (χ1n) is 14.4. The number of hydrogen-bond acceptors (Lipinski definition) is 3. The van der Waals surface area contributed by atoms with E-state index in [9.17, 15) is 9.90 Å². The second kappa shape index (κ2) is 10.3. The predicted molar refractivity (Wildman–Crippen MR) is 138 cm³/mol. The van der Waals surface area contributed by atoms with Crippen molar-refractivity contribution in [2.45, 2.75) is 30.3 Å². The third-order valence-corrected chi connectivity index (χ3v) is 7.22. The molecule has 1 saturated heterocycles. The number of benzene rings is 3. The normalized spacial score (nSPS) is 19.6. The second-order valence-electron chi connectivity index (χ2n) is 8.91. The molecule has 0 saturated carbocycles. The second-order valence-corrected chi connectivity index (χ2v) is 9.34. The van der Waals surface area contributed by atoms with E-state index in [1.165, 1.54) is 0 Å². The van der Waals surface area contributed by atoms with E-state index >= 15 is 0 Å². The van der Waals surface area contributed by atoms with Crippen LogP contribution in [-0.2, 0) is 15.8 Å². The maximum Gasteiger partial charge on any atom is 0.237 e. The molecule has 1 fully saturated rings. The zero-order valence-electron chi connectivity index (χ0n) is 25.0. The number of amides is 1. The van der Waals surface area contributed by atoms with Gasteiger partial charge in [0.2, 0.25) is 5.91 Å². The van der Waals surface area contributed by atoms with Gasteiger partial charge >= 0.3 is 0 Å². The first-order chi connectivity index (χ1) is 18.8. The Morgan fingerprint density at radius 1 is 0.971 bits per heavy atom. The monoisotopic (exact) mass is 482 g/mol. The third kappa shape index (κ3) is 4.90. The first kappa shape index (κ1) is 17.7. The molecule has 1 heterocycles. The highest BCUT2D eigenvalue weighted by Gasteiger charge is 2.43. The summed E-state index contributed by atoms with van der Waals surface area (Å²) in [5, 5.41) is 11.9. The molecule has 0 unspecified atom stereocenters. The Labute approximate surface area is 216 Å². The van der Waals surface area contributed by atoms with Gasteiger partial charge in [-0.1, -0.05) is 84.4 Å². The molecule has 3 aromatic rings. The van der Waals surface area contributed by atoms with Gasteiger partial charge in [0, 0.05) is 40.3 Å². The molecule has 0 aliphatic carbocycles. The lowest BCUT2D eigenvalue weighted by Gasteiger charge is -2.41. The van der Waals surface area contributed by atoms with Crippen molar-refractivity contribution < 1.29 is 18.1 Å². The summed E-state index contributed by atoms with van der Waals surface area (Å²) in [6.07, 6.45) is 1.06. The summed E-state index contributed by atoms with van der Waals surface area (Å²) in [5.74, 6) is -1.00. The van der Waals surface area contributed by atoms with E-state index in [0.717, 1.165) is 5.56 Å². The molecule has 3 aromatic carbocycles. The molecule has 1 amide bonds. The van der Waals surface area contributed by atoms with E-state index in [-0.39, 0.29) is 11.3 Å².